The Hall–Kier alpha value is -2.86. The molecule has 6 nitrogen and oxygen atoms in total. The average Bonchev–Trinajstić information content (AvgIpc) is 2.98. The summed E-state index contributed by atoms with van der Waals surface area (Å²) in [5.41, 5.74) is 1.87. The first kappa shape index (κ1) is 20.9. The molecule has 1 fully saturated rings. The number of methoxy groups -OCH3 is 1. The number of carbonyl (C=O) groups is 2. The third-order valence-corrected chi connectivity index (χ3v) is 5.13. The SMILES string of the molecule is COc1ccc(CN2CCCN(C(=O)COc3ccc(C(C)=O)cc3)CC2)cc1. The van der Waals surface area contributed by atoms with Gasteiger partial charge in [-0.3, -0.25) is 14.5 Å². The highest BCUT2D eigenvalue weighted by Gasteiger charge is 2.19. The van der Waals surface area contributed by atoms with Gasteiger partial charge in [-0.2, -0.15) is 0 Å². The Morgan fingerprint density at radius 2 is 1.59 bits per heavy atom. The molecule has 1 saturated heterocycles. The number of nitrogens with zero attached hydrogens (tertiary/aromatic N) is 2. The molecule has 0 spiro atoms. The zero-order valence-electron chi connectivity index (χ0n) is 17.1. The van der Waals surface area contributed by atoms with E-state index in [4.69, 9.17) is 9.47 Å². The molecule has 6 heteroatoms. The van der Waals surface area contributed by atoms with E-state index in [1.165, 1.54) is 12.5 Å². The normalized spacial score (nSPS) is 14.9. The summed E-state index contributed by atoms with van der Waals surface area (Å²) in [6, 6.07) is 15.0. The van der Waals surface area contributed by atoms with E-state index in [1.807, 2.05) is 17.0 Å². The number of ether oxygens (including phenoxy) is 2. The van der Waals surface area contributed by atoms with Gasteiger partial charge >= 0.3 is 0 Å². The Kier molecular flexibility index (Phi) is 7.25. The molecule has 0 atom stereocenters. The molecule has 2 aromatic carbocycles. The van der Waals surface area contributed by atoms with Gasteiger partial charge in [0, 0.05) is 38.3 Å². The van der Waals surface area contributed by atoms with Gasteiger partial charge in [0.25, 0.3) is 5.91 Å². The van der Waals surface area contributed by atoms with Gasteiger partial charge in [0.05, 0.1) is 7.11 Å². The average molecular weight is 396 g/mol. The molecule has 29 heavy (non-hydrogen) atoms. The Labute approximate surface area is 172 Å². The minimum Gasteiger partial charge on any atom is -0.497 e. The van der Waals surface area contributed by atoms with Crippen LogP contribution in [-0.4, -0.2) is 61.4 Å². The molecular weight excluding hydrogens is 368 g/mol. The van der Waals surface area contributed by atoms with Crippen molar-refractivity contribution in [1.82, 2.24) is 9.80 Å². The second-order valence-corrected chi connectivity index (χ2v) is 7.23. The molecule has 0 saturated carbocycles. The van der Waals surface area contributed by atoms with Crippen molar-refractivity contribution < 1.29 is 19.1 Å². The highest BCUT2D eigenvalue weighted by molar-refractivity contribution is 5.94. The van der Waals surface area contributed by atoms with Gasteiger partial charge in [0.15, 0.2) is 12.4 Å². The van der Waals surface area contributed by atoms with Crippen LogP contribution < -0.4 is 9.47 Å². The second-order valence-electron chi connectivity index (χ2n) is 7.23. The van der Waals surface area contributed by atoms with E-state index in [0.717, 1.165) is 38.3 Å². The molecule has 1 aliphatic heterocycles. The predicted octanol–water partition coefficient (Wildman–Crippen LogP) is 3.01. The maximum absolute atomic E-state index is 12.5. The quantitative estimate of drug-likeness (QED) is 0.674. The first-order valence-corrected chi connectivity index (χ1v) is 9.92. The van der Waals surface area contributed by atoms with Crippen molar-refractivity contribution in [3.05, 3.63) is 59.7 Å². The summed E-state index contributed by atoms with van der Waals surface area (Å²) in [7, 11) is 1.67. The topological polar surface area (TPSA) is 59.1 Å². The summed E-state index contributed by atoms with van der Waals surface area (Å²) in [6.07, 6.45) is 0.940. The first-order valence-electron chi connectivity index (χ1n) is 9.92. The van der Waals surface area contributed by atoms with Crippen molar-refractivity contribution in [3.63, 3.8) is 0 Å². The monoisotopic (exact) mass is 396 g/mol. The van der Waals surface area contributed by atoms with Crippen LogP contribution in [0.25, 0.3) is 0 Å². The van der Waals surface area contributed by atoms with E-state index in [-0.39, 0.29) is 18.3 Å². The number of hydrogen-bond donors (Lipinski definition) is 0. The number of rotatable bonds is 7. The van der Waals surface area contributed by atoms with E-state index in [2.05, 4.69) is 17.0 Å². The summed E-state index contributed by atoms with van der Waals surface area (Å²) in [4.78, 5) is 28.1. The molecule has 0 aliphatic carbocycles. The zero-order chi connectivity index (χ0) is 20.6. The molecule has 0 radical (unpaired) electrons. The maximum Gasteiger partial charge on any atom is 0.260 e. The summed E-state index contributed by atoms with van der Waals surface area (Å²) in [5.74, 6) is 1.46. The number of hydrogen-bond acceptors (Lipinski definition) is 5. The van der Waals surface area contributed by atoms with Crippen molar-refractivity contribution >= 4 is 11.7 Å². The molecule has 154 valence electrons. The van der Waals surface area contributed by atoms with E-state index in [9.17, 15) is 9.59 Å². The summed E-state index contributed by atoms with van der Waals surface area (Å²) < 4.78 is 10.8. The minimum atomic E-state index is -0.00746. The molecule has 1 amide bonds. The Morgan fingerprint density at radius 3 is 2.24 bits per heavy atom. The van der Waals surface area contributed by atoms with Crippen LogP contribution in [0.5, 0.6) is 11.5 Å². The number of amides is 1. The first-order chi connectivity index (χ1) is 14.0. The lowest BCUT2D eigenvalue weighted by atomic mass is 10.1. The van der Waals surface area contributed by atoms with Crippen LogP contribution in [0.15, 0.2) is 48.5 Å². The molecule has 1 heterocycles. The second kappa shape index (κ2) is 10.1. The molecule has 2 aromatic rings. The van der Waals surface area contributed by atoms with Gasteiger partial charge in [-0.05, 0) is 55.3 Å². The lowest BCUT2D eigenvalue weighted by Crippen LogP contribution is -2.38. The van der Waals surface area contributed by atoms with Crippen molar-refractivity contribution in [3.8, 4) is 11.5 Å². The Bertz CT molecular complexity index is 818. The number of benzene rings is 2. The summed E-state index contributed by atoms with van der Waals surface area (Å²) >= 11 is 0. The molecule has 1 aliphatic rings. The van der Waals surface area contributed by atoms with Crippen LogP contribution in [-0.2, 0) is 11.3 Å². The highest BCUT2D eigenvalue weighted by Crippen LogP contribution is 2.15. The lowest BCUT2D eigenvalue weighted by Gasteiger charge is -2.22. The predicted molar refractivity (Wildman–Crippen MR) is 111 cm³/mol. The smallest absolute Gasteiger partial charge is 0.260 e. The largest absolute Gasteiger partial charge is 0.497 e. The standard InChI is InChI=1S/C23H28N2O4/c1-18(26)20-6-10-22(11-7-20)29-17-23(27)25-13-3-12-24(14-15-25)16-19-4-8-21(28-2)9-5-19/h4-11H,3,12-17H2,1-2H3. The number of Topliss-reactive ketones (excluding diaryl/α,β-unsaturated/α-hetero) is 1. The van der Waals surface area contributed by atoms with Gasteiger partial charge in [0.1, 0.15) is 11.5 Å². The van der Waals surface area contributed by atoms with Crippen molar-refractivity contribution in [2.24, 2.45) is 0 Å². The van der Waals surface area contributed by atoms with Gasteiger partial charge in [-0.25, -0.2) is 0 Å². The van der Waals surface area contributed by atoms with Gasteiger partial charge in [0.2, 0.25) is 0 Å². The van der Waals surface area contributed by atoms with Gasteiger partial charge in [-0.1, -0.05) is 12.1 Å². The molecule has 0 N–H and O–H groups in total. The Balaban J connectivity index is 1.46. The molecule has 0 unspecified atom stereocenters. The highest BCUT2D eigenvalue weighted by atomic mass is 16.5. The van der Waals surface area contributed by atoms with Crippen LogP contribution >= 0.6 is 0 Å². The summed E-state index contributed by atoms with van der Waals surface area (Å²) in [6.45, 7) is 5.64. The maximum atomic E-state index is 12.5. The van der Waals surface area contributed by atoms with Gasteiger partial charge < -0.3 is 14.4 Å². The fraction of sp³-hybridized carbons (Fsp3) is 0.391. The number of carbonyl (C=O) groups excluding carboxylic acids is 2. The van der Waals surface area contributed by atoms with Crippen molar-refractivity contribution in [2.75, 3.05) is 39.9 Å². The number of ketones is 1. The fourth-order valence-electron chi connectivity index (χ4n) is 3.39. The molecule has 3 rings (SSSR count). The third-order valence-electron chi connectivity index (χ3n) is 5.13. The van der Waals surface area contributed by atoms with Crippen LogP contribution in [0.3, 0.4) is 0 Å². The third kappa shape index (κ3) is 6.06. The van der Waals surface area contributed by atoms with E-state index in [1.54, 1.807) is 31.4 Å². The van der Waals surface area contributed by atoms with Crippen molar-refractivity contribution in [1.29, 1.82) is 0 Å². The van der Waals surface area contributed by atoms with Crippen molar-refractivity contribution in [2.45, 2.75) is 19.9 Å². The molecular formula is C23H28N2O4. The lowest BCUT2D eigenvalue weighted by molar-refractivity contribution is -0.133. The van der Waals surface area contributed by atoms with Crippen LogP contribution in [0.1, 0.15) is 29.3 Å². The molecule has 0 bridgehead atoms. The minimum absolute atomic E-state index is 0.00746. The van der Waals surface area contributed by atoms with Gasteiger partial charge in [-0.15, -0.1) is 0 Å². The Morgan fingerprint density at radius 1 is 0.897 bits per heavy atom. The summed E-state index contributed by atoms with van der Waals surface area (Å²) in [5, 5.41) is 0. The fourth-order valence-corrected chi connectivity index (χ4v) is 3.39. The van der Waals surface area contributed by atoms with E-state index < -0.39 is 0 Å². The van der Waals surface area contributed by atoms with Crippen LogP contribution in [0, 0.1) is 0 Å². The van der Waals surface area contributed by atoms with Crippen LogP contribution in [0.4, 0.5) is 0 Å². The zero-order valence-corrected chi connectivity index (χ0v) is 17.1. The van der Waals surface area contributed by atoms with Crippen LogP contribution in [0.2, 0.25) is 0 Å². The van der Waals surface area contributed by atoms with E-state index in [0.29, 0.717) is 17.9 Å². The molecule has 0 aromatic heterocycles. The van der Waals surface area contributed by atoms with E-state index >= 15 is 0 Å².